The number of hydrogen-bond donors (Lipinski definition) is 4. The zero-order valence-electron chi connectivity index (χ0n) is 16.9. The van der Waals surface area contributed by atoms with Gasteiger partial charge < -0.3 is 10.0 Å². The van der Waals surface area contributed by atoms with Gasteiger partial charge in [-0.3, -0.25) is 29.9 Å². The quantitative estimate of drug-likeness (QED) is 0.310. The summed E-state index contributed by atoms with van der Waals surface area (Å²) in [5.74, 6) is -1.52. The second-order valence-electron chi connectivity index (χ2n) is 7.99. The van der Waals surface area contributed by atoms with E-state index in [0.717, 1.165) is 9.80 Å². The predicted octanol–water partition coefficient (Wildman–Crippen LogP) is -0.696. The smallest absolute Gasteiger partial charge is 0.418 e. The molecule has 0 saturated carbocycles. The first-order chi connectivity index (χ1) is 13.6. The molecule has 3 atom stereocenters. The molecule has 0 unspecified atom stereocenters. The van der Waals surface area contributed by atoms with E-state index in [-0.39, 0.29) is 19.4 Å². The maximum atomic E-state index is 12.5. The average molecular weight is 451 g/mol. The summed E-state index contributed by atoms with van der Waals surface area (Å²) in [6.45, 7) is 6.19. The van der Waals surface area contributed by atoms with Crippen LogP contribution < -0.4 is 10.9 Å². The molecule has 30 heavy (non-hydrogen) atoms. The average Bonchev–Trinajstić information content (AvgIpc) is 2.81. The number of carboxylic acid groups (broad SMARTS) is 1. The number of hydroxylamine groups is 2. The van der Waals surface area contributed by atoms with E-state index in [1.165, 1.54) is 6.92 Å². The fraction of sp³-hybridized carbons (Fsp3) is 0.733. The first-order valence-electron chi connectivity index (χ1n) is 9.02. The van der Waals surface area contributed by atoms with E-state index in [1.54, 1.807) is 20.8 Å². The van der Waals surface area contributed by atoms with Gasteiger partial charge in [-0.1, -0.05) is 0 Å². The highest BCUT2D eigenvalue weighted by molar-refractivity contribution is 7.80. The molecule has 15 heteroatoms. The van der Waals surface area contributed by atoms with Gasteiger partial charge >= 0.3 is 22.5 Å². The first kappa shape index (κ1) is 23.6. The Kier molecular flexibility index (Phi) is 6.48. The van der Waals surface area contributed by atoms with Crippen LogP contribution in [0.1, 0.15) is 40.5 Å². The monoisotopic (exact) mass is 451 g/mol. The molecule has 2 heterocycles. The number of piperidine rings is 1. The molecule has 14 nitrogen and oxygen atoms in total. The number of nitrogens with one attached hydrogen (secondary N) is 2. The van der Waals surface area contributed by atoms with Crippen LogP contribution >= 0.6 is 0 Å². The fourth-order valence-corrected chi connectivity index (χ4v) is 3.95. The Morgan fingerprint density at radius 2 is 1.83 bits per heavy atom. The molecule has 0 spiro atoms. The molecule has 5 amide bonds. The molecule has 2 aliphatic rings. The number of urea groups is 1. The molecule has 2 rings (SSSR count). The second kappa shape index (κ2) is 8.23. The zero-order chi connectivity index (χ0) is 23.0. The van der Waals surface area contributed by atoms with Gasteiger partial charge in [0.1, 0.15) is 12.1 Å². The van der Waals surface area contributed by atoms with Crippen molar-refractivity contribution < 1.29 is 41.5 Å². The number of carbonyl (C=O) groups excluding carboxylic acids is 3. The SMILES string of the molecule is C[C@H](C(=O)NNC(=O)[C@@H]1CC[C@@H]2CN1C(=O)N2OS(=O)(=O)O)N(C(=O)O)C(C)(C)C. The van der Waals surface area contributed by atoms with Crippen LogP contribution in [0, 0.1) is 0 Å². The lowest BCUT2D eigenvalue weighted by Crippen LogP contribution is -2.60. The number of rotatable bonds is 5. The molecule has 2 fully saturated rings. The predicted molar refractivity (Wildman–Crippen MR) is 98.7 cm³/mol. The van der Waals surface area contributed by atoms with Crippen LogP contribution in [-0.2, 0) is 24.3 Å². The molecule has 0 aromatic heterocycles. The van der Waals surface area contributed by atoms with Crippen LogP contribution in [0.2, 0.25) is 0 Å². The summed E-state index contributed by atoms with van der Waals surface area (Å²) in [6, 6.07) is -3.71. The molecule has 0 aromatic carbocycles. The third-order valence-electron chi connectivity index (χ3n) is 4.80. The van der Waals surface area contributed by atoms with Gasteiger partial charge in [-0.05, 0) is 40.5 Å². The molecular weight excluding hydrogens is 426 g/mol. The van der Waals surface area contributed by atoms with Gasteiger partial charge in [0.15, 0.2) is 0 Å². The Morgan fingerprint density at radius 3 is 2.33 bits per heavy atom. The van der Waals surface area contributed by atoms with Crippen molar-refractivity contribution in [1.82, 2.24) is 25.7 Å². The van der Waals surface area contributed by atoms with Crippen molar-refractivity contribution in [1.29, 1.82) is 0 Å². The minimum absolute atomic E-state index is 0.00634. The molecule has 0 radical (unpaired) electrons. The Morgan fingerprint density at radius 1 is 1.23 bits per heavy atom. The molecule has 2 bridgehead atoms. The highest BCUT2D eigenvalue weighted by Crippen LogP contribution is 2.30. The number of carbonyl (C=O) groups is 4. The highest BCUT2D eigenvalue weighted by atomic mass is 32.3. The molecular formula is C15H25N5O9S. The standard InChI is InChI=1S/C15H25N5O9S/c1-8(19(14(24)25)15(2,3)4)11(21)16-17-12(22)10-6-5-9-7-18(10)13(23)20(9)29-30(26,27)28/h8-10H,5-7H2,1-4H3,(H,16,21)(H,17,22)(H,24,25)(H,26,27,28)/t8-,9-,10+/m1/s1. The Balaban J connectivity index is 2.00. The molecule has 0 aliphatic carbocycles. The van der Waals surface area contributed by atoms with Gasteiger partial charge in [-0.25, -0.2) is 9.59 Å². The van der Waals surface area contributed by atoms with Crippen LogP contribution in [0.5, 0.6) is 0 Å². The van der Waals surface area contributed by atoms with E-state index < -0.39 is 58.0 Å². The Bertz CT molecular complexity index is 840. The van der Waals surface area contributed by atoms with Crippen molar-refractivity contribution in [3.63, 3.8) is 0 Å². The maximum Gasteiger partial charge on any atom is 0.418 e. The Hall–Kier alpha value is -2.65. The van der Waals surface area contributed by atoms with E-state index in [1.807, 2.05) is 0 Å². The summed E-state index contributed by atoms with van der Waals surface area (Å²) < 4.78 is 34.9. The van der Waals surface area contributed by atoms with E-state index in [2.05, 4.69) is 15.1 Å². The maximum absolute atomic E-state index is 12.5. The molecule has 2 aliphatic heterocycles. The van der Waals surface area contributed by atoms with Crippen molar-refractivity contribution in [3.8, 4) is 0 Å². The lowest BCUT2D eigenvalue weighted by Gasteiger charge is -2.37. The highest BCUT2D eigenvalue weighted by Gasteiger charge is 2.49. The summed E-state index contributed by atoms with van der Waals surface area (Å²) in [5.41, 5.74) is 3.44. The van der Waals surface area contributed by atoms with E-state index >= 15 is 0 Å². The van der Waals surface area contributed by atoms with Crippen molar-refractivity contribution in [2.24, 2.45) is 0 Å². The van der Waals surface area contributed by atoms with Crippen LogP contribution in [0.25, 0.3) is 0 Å². The van der Waals surface area contributed by atoms with Gasteiger partial charge in [0.2, 0.25) is 0 Å². The minimum atomic E-state index is -4.91. The van der Waals surface area contributed by atoms with Crippen LogP contribution in [0.15, 0.2) is 0 Å². The van der Waals surface area contributed by atoms with E-state index in [0.29, 0.717) is 5.06 Å². The van der Waals surface area contributed by atoms with Crippen LogP contribution in [0.4, 0.5) is 9.59 Å². The summed E-state index contributed by atoms with van der Waals surface area (Å²) >= 11 is 0. The summed E-state index contributed by atoms with van der Waals surface area (Å²) in [5, 5.41) is 9.85. The van der Waals surface area contributed by atoms with Gasteiger partial charge in [0.05, 0.1) is 6.04 Å². The number of hydrazine groups is 1. The van der Waals surface area contributed by atoms with Crippen molar-refractivity contribution in [2.75, 3.05) is 6.54 Å². The normalized spacial score (nSPS) is 22.5. The topological polar surface area (TPSA) is 186 Å². The van der Waals surface area contributed by atoms with Gasteiger partial charge in [-0.15, -0.1) is 4.28 Å². The van der Waals surface area contributed by atoms with Gasteiger partial charge in [0.25, 0.3) is 11.8 Å². The minimum Gasteiger partial charge on any atom is -0.465 e. The second-order valence-corrected chi connectivity index (χ2v) is 8.99. The van der Waals surface area contributed by atoms with E-state index in [9.17, 15) is 32.7 Å². The van der Waals surface area contributed by atoms with Gasteiger partial charge in [0, 0.05) is 12.1 Å². The summed E-state index contributed by atoms with van der Waals surface area (Å²) in [7, 11) is -4.91. The van der Waals surface area contributed by atoms with Gasteiger partial charge in [-0.2, -0.15) is 13.5 Å². The Labute approximate surface area is 173 Å². The van der Waals surface area contributed by atoms with Crippen molar-refractivity contribution in [3.05, 3.63) is 0 Å². The summed E-state index contributed by atoms with van der Waals surface area (Å²) in [4.78, 5) is 50.6. The van der Waals surface area contributed by atoms with Crippen molar-refractivity contribution in [2.45, 2.75) is 64.2 Å². The zero-order valence-corrected chi connectivity index (χ0v) is 17.7. The molecule has 2 saturated heterocycles. The molecule has 170 valence electrons. The van der Waals surface area contributed by atoms with Crippen LogP contribution in [-0.4, -0.2) is 87.1 Å². The first-order valence-corrected chi connectivity index (χ1v) is 10.4. The number of hydrogen-bond acceptors (Lipinski definition) is 7. The summed E-state index contributed by atoms with van der Waals surface area (Å²) in [6.07, 6.45) is -0.935. The van der Waals surface area contributed by atoms with Crippen LogP contribution in [0.3, 0.4) is 0 Å². The largest absolute Gasteiger partial charge is 0.465 e. The number of fused-ring (bicyclic) bond motifs is 2. The molecule has 4 N–H and O–H groups in total. The lowest BCUT2D eigenvalue weighted by molar-refractivity contribution is -0.134. The number of nitrogens with zero attached hydrogens (tertiary/aromatic N) is 3. The molecule has 0 aromatic rings. The fourth-order valence-electron chi connectivity index (χ4n) is 3.57. The van der Waals surface area contributed by atoms with E-state index in [4.69, 9.17) is 4.55 Å². The van der Waals surface area contributed by atoms with Crippen molar-refractivity contribution >= 4 is 34.3 Å². The lowest BCUT2D eigenvalue weighted by atomic mass is 10.0. The number of amides is 5. The third kappa shape index (κ3) is 5.09. The third-order valence-corrected chi connectivity index (χ3v) is 5.15.